The average molecular weight is 392 g/mol. The standard InChI is InChI=1S/C19H19Cl2N3O2/c20-14-5-4-12(9-15(14)21)17-10-24(6-7-26-17)19-13(18(22)25)8-11-2-1-3-16(11)23-19/h4-5,8-9,17H,1-3,6-7,10H2,(H2,22,25). The number of carbonyl (C=O) groups excluding carboxylic acids is 1. The number of carbonyl (C=O) groups is 1. The Bertz CT molecular complexity index is 872. The molecule has 5 nitrogen and oxygen atoms in total. The van der Waals surface area contributed by atoms with E-state index in [1.54, 1.807) is 6.07 Å². The van der Waals surface area contributed by atoms with Crippen molar-refractivity contribution in [2.24, 2.45) is 5.73 Å². The second-order valence-electron chi connectivity index (χ2n) is 6.66. The minimum atomic E-state index is -0.445. The first-order chi connectivity index (χ1) is 12.5. The number of aromatic nitrogens is 1. The number of ether oxygens (including phenoxy) is 1. The SMILES string of the molecule is NC(=O)c1cc2c(nc1N1CCOC(c3ccc(Cl)c(Cl)c3)C1)CCC2. The van der Waals surface area contributed by atoms with Crippen molar-refractivity contribution in [3.05, 3.63) is 56.7 Å². The Labute approximate surface area is 162 Å². The molecule has 4 rings (SSSR count). The molecule has 1 aromatic heterocycles. The van der Waals surface area contributed by atoms with Crippen LogP contribution in [0.4, 0.5) is 5.82 Å². The Morgan fingerprint density at radius 1 is 1.23 bits per heavy atom. The van der Waals surface area contributed by atoms with E-state index >= 15 is 0 Å². The van der Waals surface area contributed by atoms with Gasteiger partial charge >= 0.3 is 0 Å². The van der Waals surface area contributed by atoms with E-state index in [0.717, 1.165) is 36.1 Å². The monoisotopic (exact) mass is 391 g/mol. The lowest BCUT2D eigenvalue weighted by molar-refractivity contribution is 0.0394. The number of halogens is 2. The maximum atomic E-state index is 12.0. The highest BCUT2D eigenvalue weighted by Gasteiger charge is 2.28. The molecule has 136 valence electrons. The lowest BCUT2D eigenvalue weighted by Crippen LogP contribution is -2.40. The zero-order valence-corrected chi connectivity index (χ0v) is 15.7. The molecular formula is C19H19Cl2N3O2. The number of amides is 1. The second kappa shape index (κ2) is 7.06. The zero-order chi connectivity index (χ0) is 18.3. The van der Waals surface area contributed by atoms with Gasteiger partial charge in [0, 0.05) is 18.8 Å². The van der Waals surface area contributed by atoms with Crippen LogP contribution in [0.25, 0.3) is 0 Å². The molecule has 1 atom stereocenters. The van der Waals surface area contributed by atoms with Crippen molar-refractivity contribution in [3.8, 4) is 0 Å². The van der Waals surface area contributed by atoms with Crippen molar-refractivity contribution >= 4 is 34.9 Å². The summed E-state index contributed by atoms with van der Waals surface area (Å²) in [7, 11) is 0. The van der Waals surface area contributed by atoms with E-state index in [-0.39, 0.29) is 6.10 Å². The van der Waals surface area contributed by atoms with Gasteiger partial charge in [-0.15, -0.1) is 0 Å². The number of aryl methyl sites for hydroxylation is 2. The van der Waals surface area contributed by atoms with E-state index < -0.39 is 5.91 Å². The molecule has 2 N–H and O–H groups in total. The number of fused-ring (bicyclic) bond motifs is 1. The minimum Gasteiger partial charge on any atom is -0.370 e. The Hall–Kier alpha value is -1.82. The van der Waals surface area contributed by atoms with Crippen LogP contribution in [-0.4, -0.2) is 30.6 Å². The Balaban J connectivity index is 1.65. The highest BCUT2D eigenvalue weighted by atomic mass is 35.5. The predicted octanol–water partition coefficient (Wildman–Crippen LogP) is 3.55. The normalized spacial score (nSPS) is 19.5. The number of hydrogen-bond acceptors (Lipinski definition) is 4. The summed E-state index contributed by atoms with van der Waals surface area (Å²) in [5, 5.41) is 1.01. The van der Waals surface area contributed by atoms with Crippen molar-refractivity contribution < 1.29 is 9.53 Å². The Kier molecular flexibility index (Phi) is 4.78. The fourth-order valence-electron chi connectivity index (χ4n) is 3.64. The molecule has 1 aromatic carbocycles. The fraction of sp³-hybridized carbons (Fsp3) is 0.368. The number of benzene rings is 1. The van der Waals surface area contributed by atoms with E-state index in [1.165, 1.54) is 0 Å². The van der Waals surface area contributed by atoms with E-state index in [4.69, 9.17) is 38.7 Å². The number of nitrogens with two attached hydrogens (primary N) is 1. The number of rotatable bonds is 3. The summed E-state index contributed by atoms with van der Waals surface area (Å²) in [4.78, 5) is 18.8. The molecule has 2 aliphatic rings. The van der Waals surface area contributed by atoms with Crippen molar-refractivity contribution in [2.75, 3.05) is 24.6 Å². The summed E-state index contributed by atoms with van der Waals surface area (Å²) < 4.78 is 5.92. The number of morpholine rings is 1. The molecule has 1 saturated heterocycles. The van der Waals surface area contributed by atoms with Crippen LogP contribution in [0.1, 0.15) is 39.7 Å². The number of primary amides is 1. The molecule has 26 heavy (non-hydrogen) atoms. The van der Waals surface area contributed by atoms with Crippen molar-refractivity contribution in [2.45, 2.75) is 25.4 Å². The van der Waals surface area contributed by atoms with Crippen LogP contribution < -0.4 is 10.6 Å². The zero-order valence-electron chi connectivity index (χ0n) is 14.2. The summed E-state index contributed by atoms with van der Waals surface area (Å²) in [6, 6.07) is 7.41. The Morgan fingerprint density at radius 2 is 2.08 bits per heavy atom. The Morgan fingerprint density at radius 3 is 2.85 bits per heavy atom. The van der Waals surface area contributed by atoms with Crippen molar-refractivity contribution in [1.82, 2.24) is 4.98 Å². The number of hydrogen-bond donors (Lipinski definition) is 1. The molecule has 1 amide bonds. The molecule has 2 aromatic rings. The lowest BCUT2D eigenvalue weighted by Gasteiger charge is -2.35. The largest absolute Gasteiger partial charge is 0.370 e. The molecule has 1 fully saturated rings. The predicted molar refractivity (Wildman–Crippen MR) is 102 cm³/mol. The summed E-state index contributed by atoms with van der Waals surface area (Å²) in [5.41, 5.74) is 9.27. The third-order valence-corrected chi connectivity index (χ3v) is 5.72. The van der Waals surface area contributed by atoms with Crippen LogP contribution in [-0.2, 0) is 17.6 Å². The van der Waals surface area contributed by atoms with Gasteiger partial charge in [0.2, 0.25) is 0 Å². The van der Waals surface area contributed by atoms with Crippen LogP contribution in [0.2, 0.25) is 10.0 Å². The van der Waals surface area contributed by atoms with Gasteiger partial charge in [0.25, 0.3) is 5.91 Å². The van der Waals surface area contributed by atoms with E-state index in [1.807, 2.05) is 18.2 Å². The maximum Gasteiger partial charge on any atom is 0.252 e. The van der Waals surface area contributed by atoms with Crippen LogP contribution in [0.15, 0.2) is 24.3 Å². The van der Waals surface area contributed by atoms with Gasteiger partial charge in [-0.2, -0.15) is 0 Å². The molecule has 2 heterocycles. The fourth-order valence-corrected chi connectivity index (χ4v) is 3.95. The number of anilines is 1. The molecule has 0 radical (unpaired) electrons. The van der Waals surface area contributed by atoms with E-state index in [9.17, 15) is 4.79 Å². The maximum absolute atomic E-state index is 12.0. The van der Waals surface area contributed by atoms with Gasteiger partial charge in [0.05, 0.1) is 22.2 Å². The summed E-state index contributed by atoms with van der Waals surface area (Å²) in [6.07, 6.45) is 2.80. The quantitative estimate of drug-likeness (QED) is 0.868. The molecule has 7 heteroatoms. The van der Waals surface area contributed by atoms with Gasteiger partial charge in [-0.3, -0.25) is 4.79 Å². The molecule has 0 saturated carbocycles. The molecule has 1 aliphatic carbocycles. The lowest BCUT2D eigenvalue weighted by atomic mass is 10.1. The first kappa shape index (κ1) is 17.6. The van der Waals surface area contributed by atoms with Crippen LogP contribution in [0.3, 0.4) is 0 Å². The van der Waals surface area contributed by atoms with Gasteiger partial charge < -0.3 is 15.4 Å². The first-order valence-corrected chi connectivity index (χ1v) is 9.42. The minimum absolute atomic E-state index is 0.172. The third-order valence-electron chi connectivity index (χ3n) is 4.98. The smallest absolute Gasteiger partial charge is 0.252 e. The summed E-state index contributed by atoms with van der Waals surface area (Å²) >= 11 is 12.2. The van der Waals surface area contributed by atoms with Crippen LogP contribution in [0.5, 0.6) is 0 Å². The van der Waals surface area contributed by atoms with E-state index in [2.05, 4.69) is 4.90 Å². The molecule has 1 aliphatic heterocycles. The van der Waals surface area contributed by atoms with Gasteiger partial charge in [-0.1, -0.05) is 29.3 Å². The van der Waals surface area contributed by atoms with Gasteiger partial charge in [-0.25, -0.2) is 4.98 Å². The topological polar surface area (TPSA) is 68.5 Å². The van der Waals surface area contributed by atoms with Gasteiger partial charge in [0.15, 0.2) is 0 Å². The van der Waals surface area contributed by atoms with Crippen molar-refractivity contribution in [1.29, 1.82) is 0 Å². The molecule has 0 bridgehead atoms. The summed E-state index contributed by atoms with van der Waals surface area (Å²) in [6.45, 7) is 1.76. The van der Waals surface area contributed by atoms with Crippen molar-refractivity contribution in [3.63, 3.8) is 0 Å². The average Bonchev–Trinajstić information content (AvgIpc) is 3.10. The van der Waals surface area contributed by atoms with Gasteiger partial charge in [-0.05, 0) is 48.6 Å². The first-order valence-electron chi connectivity index (χ1n) is 8.67. The highest BCUT2D eigenvalue weighted by molar-refractivity contribution is 6.42. The number of nitrogens with zero attached hydrogens (tertiary/aromatic N) is 2. The highest BCUT2D eigenvalue weighted by Crippen LogP contribution is 2.32. The third kappa shape index (κ3) is 3.27. The van der Waals surface area contributed by atoms with Crippen LogP contribution in [0, 0.1) is 0 Å². The second-order valence-corrected chi connectivity index (χ2v) is 7.48. The molecule has 0 spiro atoms. The number of pyridine rings is 1. The van der Waals surface area contributed by atoms with Gasteiger partial charge in [0.1, 0.15) is 11.9 Å². The van der Waals surface area contributed by atoms with E-state index in [0.29, 0.717) is 41.1 Å². The summed E-state index contributed by atoms with van der Waals surface area (Å²) in [5.74, 6) is 0.214. The molecule has 1 unspecified atom stereocenters. The molecular weight excluding hydrogens is 373 g/mol. The van der Waals surface area contributed by atoms with Crippen LogP contribution >= 0.6 is 23.2 Å².